The smallest absolute Gasteiger partial charge is 0.191 e. The van der Waals surface area contributed by atoms with E-state index in [1.54, 1.807) is 7.05 Å². The fourth-order valence-corrected chi connectivity index (χ4v) is 4.01. The highest BCUT2D eigenvalue weighted by Crippen LogP contribution is 2.23. The number of ether oxygens (including phenoxy) is 3. The second-order valence-electron chi connectivity index (χ2n) is 8.36. The molecule has 1 aliphatic heterocycles. The summed E-state index contributed by atoms with van der Waals surface area (Å²) in [5.74, 6) is 2.47. The molecule has 2 fully saturated rings. The molecule has 1 saturated carbocycles. The van der Waals surface area contributed by atoms with Crippen LogP contribution in [0.5, 0.6) is 5.75 Å². The van der Waals surface area contributed by atoms with Crippen molar-refractivity contribution in [2.75, 3.05) is 40.0 Å². The molecule has 0 atom stereocenters. The zero-order chi connectivity index (χ0) is 20.9. The monoisotopic (exact) mass is 545 g/mol. The Morgan fingerprint density at radius 2 is 1.77 bits per heavy atom. The van der Waals surface area contributed by atoms with Crippen molar-refractivity contribution in [2.45, 2.75) is 64.0 Å². The summed E-state index contributed by atoms with van der Waals surface area (Å²) in [6, 6.07) is 8.42. The van der Waals surface area contributed by atoms with E-state index in [9.17, 15) is 0 Å². The van der Waals surface area contributed by atoms with Crippen LogP contribution in [0.1, 0.15) is 56.9 Å². The third-order valence-electron chi connectivity index (χ3n) is 5.91. The maximum absolute atomic E-state index is 6.11. The van der Waals surface area contributed by atoms with Gasteiger partial charge in [0.1, 0.15) is 5.75 Å². The molecule has 1 aromatic rings. The average Bonchev–Trinajstić information content (AvgIpc) is 2.80. The Hall–Kier alpha value is -1.06. The molecule has 0 aromatic heterocycles. The van der Waals surface area contributed by atoms with Gasteiger partial charge in [0.15, 0.2) is 5.96 Å². The molecule has 3 rings (SSSR count). The molecular weight excluding hydrogens is 505 g/mol. The van der Waals surface area contributed by atoms with Gasteiger partial charge in [-0.2, -0.15) is 0 Å². The third kappa shape index (κ3) is 10.4. The van der Waals surface area contributed by atoms with E-state index in [1.807, 2.05) is 0 Å². The Bertz CT molecular complexity index is 615. The summed E-state index contributed by atoms with van der Waals surface area (Å²) in [6.45, 7) is 4.99. The zero-order valence-corrected chi connectivity index (χ0v) is 21.3. The van der Waals surface area contributed by atoms with Crippen LogP contribution in [0.2, 0.25) is 0 Å². The van der Waals surface area contributed by atoms with Gasteiger partial charge < -0.3 is 24.8 Å². The summed E-state index contributed by atoms with van der Waals surface area (Å²) in [4.78, 5) is 4.30. The molecular formula is C24H40IN3O3. The van der Waals surface area contributed by atoms with Crippen LogP contribution in [0.4, 0.5) is 0 Å². The van der Waals surface area contributed by atoms with E-state index < -0.39 is 0 Å². The maximum Gasteiger partial charge on any atom is 0.191 e. The Morgan fingerprint density at radius 3 is 2.48 bits per heavy atom. The summed E-state index contributed by atoms with van der Waals surface area (Å²) in [6.07, 6.45) is 9.93. The molecule has 0 radical (unpaired) electrons. The van der Waals surface area contributed by atoms with Crippen molar-refractivity contribution in [2.24, 2.45) is 10.9 Å². The molecule has 6 nitrogen and oxygen atoms in total. The Labute approximate surface area is 204 Å². The molecule has 1 heterocycles. The van der Waals surface area contributed by atoms with E-state index in [2.05, 4.69) is 39.9 Å². The predicted octanol–water partition coefficient (Wildman–Crippen LogP) is 4.51. The first kappa shape index (κ1) is 26.2. The van der Waals surface area contributed by atoms with E-state index in [0.717, 1.165) is 70.5 Å². The summed E-state index contributed by atoms with van der Waals surface area (Å²) in [7, 11) is 1.80. The van der Waals surface area contributed by atoms with Crippen molar-refractivity contribution in [1.29, 1.82) is 0 Å². The minimum absolute atomic E-state index is 0. The van der Waals surface area contributed by atoms with Crippen molar-refractivity contribution >= 4 is 29.9 Å². The maximum atomic E-state index is 6.11. The van der Waals surface area contributed by atoms with Crippen LogP contribution in [0.25, 0.3) is 0 Å². The number of nitrogens with zero attached hydrogens (tertiary/aromatic N) is 1. The lowest BCUT2D eigenvalue weighted by Gasteiger charge is -2.23. The largest absolute Gasteiger partial charge is 0.490 e. The number of aliphatic imine (C=N–C) groups is 1. The first-order valence-electron chi connectivity index (χ1n) is 11.7. The molecule has 0 unspecified atom stereocenters. The summed E-state index contributed by atoms with van der Waals surface area (Å²) in [5.41, 5.74) is 1.22. The minimum Gasteiger partial charge on any atom is -0.490 e. The Morgan fingerprint density at radius 1 is 1.03 bits per heavy atom. The van der Waals surface area contributed by atoms with Crippen LogP contribution < -0.4 is 15.4 Å². The van der Waals surface area contributed by atoms with Crippen LogP contribution in [0.15, 0.2) is 29.3 Å². The van der Waals surface area contributed by atoms with E-state index in [1.165, 1.54) is 37.7 Å². The number of nitrogens with one attached hydrogen (secondary N) is 2. The average molecular weight is 546 g/mol. The number of rotatable bonds is 10. The SMILES string of the molecule is CN=C(NCCCOCC1CCOCC1)NCc1ccc(OC2CCCCC2)cc1.I. The van der Waals surface area contributed by atoms with Gasteiger partial charge in [0, 0.05) is 46.6 Å². The van der Waals surface area contributed by atoms with Crippen molar-refractivity contribution < 1.29 is 14.2 Å². The summed E-state index contributed by atoms with van der Waals surface area (Å²) >= 11 is 0. The lowest BCUT2D eigenvalue weighted by molar-refractivity contribution is 0.0203. The van der Waals surface area contributed by atoms with Crippen LogP contribution in [-0.4, -0.2) is 52.1 Å². The van der Waals surface area contributed by atoms with Crippen molar-refractivity contribution in [1.82, 2.24) is 10.6 Å². The van der Waals surface area contributed by atoms with E-state index in [-0.39, 0.29) is 24.0 Å². The topological polar surface area (TPSA) is 64.1 Å². The van der Waals surface area contributed by atoms with Gasteiger partial charge in [-0.1, -0.05) is 18.6 Å². The first-order valence-corrected chi connectivity index (χ1v) is 11.7. The van der Waals surface area contributed by atoms with Crippen LogP contribution in [0, 0.1) is 5.92 Å². The number of benzene rings is 1. The normalized spacial score (nSPS) is 18.3. The summed E-state index contributed by atoms with van der Waals surface area (Å²) in [5, 5.41) is 6.73. The highest BCUT2D eigenvalue weighted by atomic mass is 127. The molecule has 1 aromatic carbocycles. The fourth-order valence-electron chi connectivity index (χ4n) is 4.01. The highest BCUT2D eigenvalue weighted by Gasteiger charge is 2.15. The lowest BCUT2D eigenvalue weighted by atomic mass is 9.98. The Balaban J connectivity index is 0.00000341. The number of guanidine groups is 1. The first-order chi connectivity index (χ1) is 14.8. The van der Waals surface area contributed by atoms with Gasteiger partial charge in [0.25, 0.3) is 0 Å². The minimum atomic E-state index is 0. The van der Waals surface area contributed by atoms with Gasteiger partial charge in [-0.05, 0) is 68.6 Å². The molecule has 0 bridgehead atoms. The third-order valence-corrected chi connectivity index (χ3v) is 5.91. The summed E-state index contributed by atoms with van der Waals surface area (Å²) < 4.78 is 17.3. The molecule has 176 valence electrons. The van der Waals surface area contributed by atoms with Gasteiger partial charge in [-0.3, -0.25) is 4.99 Å². The van der Waals surface area contributed by atoms with Crippen molar-refractivity contribution in [3.63, 3.8) is 0 Å². The van der Waals surface area contributed by atoms with Crippen LogP contribution in [-0.2, 0) is 16.0 Å². The standard InChI is InChI=1S/C24H39N3O3.HI/c1-25-24(26-14-5-15-29-19-21-12-16-28-17-13-21)27-18-20-8-10-23(11-9-20)30-22-6-3-2-4-7-22;/h8-11,21-22H,2-7,12-19H2,1H3,(H2,25,26,27);1H. The van der Waals surface area contributed by atoms with Crippen molar-refractivity contribution in [3.8, 4) is 5.75 Å². The quantitative estimate of drug-likeness (QED) is 0.196. The second-order valence-corrected chi connectivity index (χ2v) is 8.36. The van der Waals surface area contributed by atoms with Crippen molar-refractivity contribution in [3.05, 3.63) is 29.8 Å². The van der Waals surface area contributed by atoms with Crippen LogP contribution >= 0.6 is 24.0 Å². The van der Waals surface area contributed by atoms with E-state index in [0.29, 0.717) is 12.0 Å². The van der Waals surface area contributed by atoms with Crippen LogP contribution in [0.3, 0.4) is 0 Å². The molecule has 1 aliphatic carbocycles. The molecule has 2 N–H and O–H groups in total. The number of hydrogen-bond donors (Lipinski definition) is 2. The molecule has 0 spiro atoms. The van der Waals surface area contributed by atoms with Gasteiger partial charge >= 0.3 is 0 Å². The lowest BCUT2D eigenvalue weighted by Crippen LogP contribution is -2.37. The molecule has 7 heteroatoms. The Kier molecular flexibility index (Phi) is 13.3. The fraction of sp³-hybridized carbons (Fsp3) is 0.708. The van der Waals surface area contributed by atoms with Gasteiger partial charge in [0.05, 0.1) is 6.10 Å². The molecule has 31 heavy (non-hydrogen) atoms. The molecule has 2 aliphatic rings. The zero-order valence-electron chi connectivity index (χ0n) is 18.9. The second kappa shape index (κ2) is 15.7. The van der Waals surface area contributed by atoms with Gasteiger partial charge in [-0.15, -0.1) is 24.0 Å². The van der Waals surface area contributed by atoms with Gasteiger partial charge in [-0.25, -0.2) is 0 Å². The number of hydrogen-bond acceptors (Lipinski definition) is 4. The molecule has 1 saturated heterocycles. The van der Waals surface area contributed by atoms with E-state index >= 15 is 0 Å². The predicted molar refractivity (Wildman–Crippen MR) is 137 cm³/mol. The molecule has 0 amide bonds. The van der Waals surface area contributed by atoms with E-state index in [4.69, 9.17) is 14.2 Å². The van der Waals surface area contributed by atoms with Gasteiger partial charge in [0.2, 0.25) is 0 Å². The highest BCUT2D eigenvalue weighted by molar-refractivity contribution is 14.0. The number of halogens is 1.